The summed E-state index contributed by atoms with van der Waals surface area (Å²) in [5.41, 5.74) is 8.03. The minimum atomic E-state index is 0.675. The van der Waals surface area contributed by atoms with E-state index >= 15 is 0 Å². The molecule has 0 spiro atoms. The van der Waals surface area contributed by atoms with E-state index in [9.17, 15) is 0 Å². The van der Waals surface area contributed by atoms with Gasteiger partial charge in [-0.2, -0.15) is 5.26 Å². The average Bonchev–Trinajstić information content (AvgIpc) is 3.10. The fourth-order valence-corrected chi connectivity index (χ4v) is 5.75. The highest BCUT2D eigenvalue weighted by Gasteiger charge is 2.24. The van der Waals surface area contributed by atoms with Crippen LogP contribution in [0.1, 0.15) is 34.9 Å². The molecule has 0 bridgehead atoms. The topological polar surface area (TPSA) is 36.7 Å². The molecule has 29 heavy (non-hydrogen) atoms. The van der Waals surface area contributed by atoms with Crippen LogP contribution in [0.25, 0.3) is 32.6 Å². The van der Waals surface area contributed by atoms with E-state index in [1.54, 1.807) is 0 Å². The molecule has 0 saturated heterocycles. The molecule has 0 fully saturated rings. The Hall–Kier alpha value is -2.96. The number of aromatic nitrogens is 1. The number of rotatable bonds is 2. The summed E-state index contributed by atoms with van der Waals surface area (Å²) in [4.78, 5) is 7.73. The monoisotopic (exact) mass is 394 g/mol. The lowest BCUT2D eigenvalue weighted by atomic mass is 9.87. The lowest BCUT2D eigenvalue weighted by molar-refractivity contribution is 0.509. The maximum atomic E-state index is 9.11. The number of fused-ring (bicyclic) bond motifs is 3. The zero-order valence-corrected chi connectivity index (χ0v) is 17.5. The summed E-state index contributed by atoms with van der Waals surface area (Å²) in [7, 11) is 0. The molecule has 2 heterocycles. The highest BCUT2D eigenvalue weighted by atomic mass is 32.1. The van der Waals surface area contributed by atoms with Gasteiger partial charge in [0, 0.05) is 15.8 Å². The summed E-state index contributed by atoms with van der Waals surface area (Å²) in [6.45, 7) is 4.50. The third kappa shape index (κ3) is 3.24. The van der Waals surface area contributed by atoms with Gasteiger partial charge in [0.15, 0.2) is 0 Å². The van der Waals surface area contributed by atoms with Crippen LogP contribution in [-0.4, -0.2) is 4.98 Å². The quantitative estimate of drug-likeness (QED) is 0.369. The van der Waals surface area contributed by atoms with Gasteiger partial charge in [0.1, 0.15) is 4.83 Å². The predicted molar refractivity (Wildman–Crippen MR) is 121 cm³/mol. The Balaban J connectivity index is 1.77. The first-order valence-corrected chi connectivity index (χ1v) is 11.0. The molecular weight excluding hydrogens is 372 g/mol. The number of benzene rings is 2. The van der Waals surface area contributed by atoms with Crippen LogP contribution in [0.4, 0.5) is 0 Å². The molecule has 5 rings (SSSR count). The maximum absolute atomic E-state index is 9.11. The van der Waals surface area contributed by atoms with E-state index in [0.29, 0.717) is 5.56 Å². The maximum Gasteiger partial charge on any atom is 0.125 e. The minimum absolute atomic E-state index is 0.675. The molecule has 1 aliphatic rings. The van der Waals surface area contributed by atoms with Crippen molar-refractivity contribution in [1.29, 1.82) is 5.26 Å². The summed E-state index contributed by atoms with van der Waals surface area (Å²) >= 11 is 1.87. The number of thiophene rings is 1. The Morgan fingerprint density at radius 2 is 1.90 bits per heavy atom. The summed E-state index contributed by atoms with van der Waals surface area (Å²) in [6, 6.07) is 20.9. The van der Waals surface area contributed by atoms with E-state index in [-0.39, 0.29) is 0 Å². The molecule has 2 nitrogen and oxygen atoms in total. The molecule has 3 heteroatoms. The molecule has 1 aliphatic carbocycles. The summed E-state index contributed by atoms with van der Waals surface area (Å²) in [5.74, 6) is 0.746. The van der Waals surface area contributed by atoms with Crippen molar-refractivity contribution in [2.75, 3.05) is 0 Å². The molecule has 0 amide bonds. The van der Waals surface area contributed by atoms with Crippen molar-refractivity contribution in [2.24, 2.45) is 5.92 Å². The van der Waals surface area contributed by atoms with Gasteiger partial charge >= 0.3 is 0 Å². The van der Waals surface area contributed by atoms with Crippen LogP contribution in [0.2, 0.25) is 0 Å². The molecular formula is C26H22N2S. The lowest BCUT2D eigenvalue weighted by Gasteiger charge is -2.18. The van der Waals surface area contributed by atoms with Crippen molar-refractivity contribution in [1.82, 2.24) is 4.98 Å². The van der Waals surface area contributed by atoms with Crippen LogP contribution in [0.5, 0.6) is 0 Å². The standard InChI is InChI=1S/C26H22N2S/c1-16-4-3-5-20(12-16)22-14-23(19-9-7-18(15-27)8-10-19)28-26-25(22)21-11-6-17(2)13-24(21)29-26/h3-5,7-10,12,14,17H,6,11,13H2,1-2H3. The molecule has 2 aromatic carbocycles. The van der Waals surface area contributed by atoms with Crippen LogP contribution in [-0.2, 0) is 12.8 Å². The second kappa shape index (κ2) is 7.13. The average molecular weight is 395 g/mol. The van der Waals surface area contributed by atoms with Gasteiger partial charge in [-0.1, -0.05) is 48.9 Å². The largest absolute Gasteiger partial charge is 0.237 e. The molecule has 2 aromatic heterocycles. The summed E-state index contributed by atoms with van der Waals surface area (Å²) in [6.07, 6.45) is 3.56. The molecule has 142 valence electrons. The van der Waals surface area contributed by atoms with Gasteiger partial charge in [0.05, 0.1) is 17.3 Å². The number of pyridine rings is 1. The van der Waals surface area contributed by atoms with Crippen LogP contribution in [0, 0.1) is 24.2 Å². The van der Waals surface area contributed by atoms with Gasteiger partial charge in [-0.25, -0.2) is 4.98 Å². The minimum Gasteiger partial charge on any atom is -0.237 e. The van der Waals surface area contributed by atoms with E-state index in [1.165, 1.54) is 38.9 Å². The predicted octanol–water partition coefficient (Wildman–Crippen LogP) is 6.94. The van der Waals surface area contributed by atoms with E-state index in [2.05, 4.69) is 50.2 Å². The van der Waals surface area contributed by atoms with Gasteiger partial charge in [-0.05, 0) is 67.0 Å². The van der Waals surface area contributed by atoms with E-state index in [4.69, 9.17) is 10.2 Å². The van der Waals surface area contributed by atoms with Gasteiger partial charge in [-0.15, -0.1) is 11.3 Å². The van der Waals surface area contributed by atoms with Gasteiger partial charge in [-0.3, -0.25) is 0 Å². The fraction of sp³-hybridized carbons (Fsp3) is 0.231. The van der Waals surface area contributed by atoms with Crippen LogP contribution >= 0.6 is 11.3 Å². The SMILES string of the molecule is Cc1cccc(-c2cc(-c3ccc(C#N)cc3)nc3sc4c(c23)CCC(C)C4)c1. The van der Waals surface area contributed by atoms with Crippen molar-refractivity contribution < 1.29 is 0 Å². The van der Waals surface area contributed by atoms with Crippen molar-refractivity contribution in [2.45, 2.75) is 33.1 Å². The van der Waals surface area contributed by atoms with Crippen molar-refractivity contribution in [3.05, 3.63) is 76.2 Å². The number of hydrogen-bond acceptors (Lipinski definition) is 3. The number of nitriles is 1. The van der Waals surface area contributed by atoms with E-state index in [0.717, 1.165) is 34.8 Å². The normalized spacial score (nSPS) is 15.8. The molecule has 0 aliphatic heterocycles. The molecule has 1 atom stereocenters. The van der Waals surface area contributed by atoms with Crippen molar-refractivity contribution >= 4 is 21.6 Å². The zero-order valence-electron chi connectivity index (χ0n) is 16.7. The summed E-state index contributed by atoms with van der Waals surface area (Å²) in [5, 5.41) is 10.5. The zero-order chi connectivity index (χ0) is 20.0. The Morgan fingerprint density at radius 1 is 1.07 bits per heavy atom. The Morgan fingerprint density at radius 3 is 2.66 bits per heavy atom. The number of aryl methyl sites for hydroxylation is 2. The highest BCUT2D eigenvalue weighted by Crippen LogP contribution is 2.43. The Kier molecular flexibility index (Phi) is 4.45. The second-order valence-corrected chi connectivity index (χ2v) is 9.23. The smallest absolute Gasteiger partial charge is 0.125 e. The Labute approximate surface area is 175 Å². The Bertz CT molecular complexity index is 1260. The molecule has 0 N–H and O–H groups in total. The first kappa shape index (κ1) is 18.1. The summed E-state index contributed by atoms with van der Waals surface area (Å²) < 4.78 is 0. The first-order valence-electron chi connectivity index (χ1n) is 10.2. The third-order valence-corrected chi connectivity index (χ3v) is 7.05. The van der Waals surface area contributed by atoms with Gasteiger partial charge in [0.2, 0.25) is 0 Å². The van der Waals surface area contributed by atoms with Crippen molar-refractivity contribution in [3.8, 4) is 28.5 Å². The van der Waals surface area contributed by atoms with Crippen LogP contribution in [0.15, 0.2) is 54.6 Å². The van der Waals surface area contributed by atoms with Gasteiger partial charge in [0.25, 0.3) is 0 Å². The second-order valence-electron chi connectivity index (χ2n) is 8.15. The fourth-order valence-electron chi connectivity index (χ4n) is 4.35. The third-order valence-electron chi connectivity index (χ3n) is 5.90. The van der Waals surface area contributed by atoms with Crippen LogP contribution < -0.4 is 0 Å². The molecule has 4 aromatic rings. The lowest BCUT2D eigenvalue weighted by Crippen LogP contribution is -2.08. The number of nitrogens with zero attached hydrogens (tertiary/aromatic N) is 2. The first-order chi connectivity index (χ1) is 14.1. The molecule has 1 unspecified atom stereocenters. The molecule has 0 saturated carbocycles. The molecule has 0 radical (unpaired) electrons. The van der Waals surface area contributed by atoms with E-state index in [1.807, 2.05) is 35.6 Å². The van der Waals surface area contributed by atoms with Crippen molar-refractivity contribution in [3.63, 3.8) is 0 Å². The number of hydrogen-bond donors (Lipinski definition) is 0. The highest BCUT2D eigenvalue weighted by molar-refractivity contribution is 7.19. The van der Waals surface area contributed by atoms with Gasteiger partial charge < -0.3 is 0 Å². The van der Waals surface area contributed by atoms with E-state index < -0.39 is 0 Å². The van der Waals surface area contributed by atoms with Crippen LogP contribution in [0.3, 0.4) is 0 Å².